The second-order valence-electron chi connectivity index (χ2n) is 16.5. The molecule has 9 aromatic carbocycles. The summed E-state index contributed by atoms with van der Waals surface area (Å²) in [4.78, 5) is 2.53. The SMILES string of the molecule is CC1(C)c2cc(-c3ccccc3)ccc2N(c2ccc3c(c2)C(c2ccccc2)(c2ccccc2)c2cccc(-c4ccccc4)c2-3)c2ccc(-c3ccccc3)cc21. The Bertz CT molecular complexity index is 2850. The van der Waals surface area contributed by atoms with Gasteiger partial charge in [0.1, 0.15) is 0 Å². The van der Waals surface area contributed by atoms with Gasteiger partial charge in [-0.2, -0.15) is 0 Å². The van der Waals surface area contributed by atoms with Gasteiger partial charge in [-0.1, -0.05) is 202 Å². The molecule has 0 bridgehead atoms. The zero-order valence-electron chi connectivity index (χ0n) is 33.3. The Morgan fingerprint density at radius 1 is 0.322 bits per heavy atom. The molecular weight excluding hydrogens is 711 g/mol. The summed E-state index contributed by atoms with van der Waals surface area (Å²) >= 11 is 0. The van der Waals surface area contributed by atoms with Crippen LogP contribution < -0.4 is 4.90 Å². The zero-order chi connectivity index (χ0) is 39.6. The zero-order valence-corrected chi connectivity index (χ0v) is 33.3. The van der Waals surface area contributed by atoms with Crippen molar-refractivity contribution in [2.24, 2.45) is 0 Å². The molecule has 9 aromatic rings. The molecule has 0 fully saturated rings. The molecule has 0 unspecified atom stereocenters. The minimum Gasteiger partial charge on any atom is -0.310 e. The number of rotatable bonds is 6. The van der Waals surface area contributed by atoms with Crippen LogP contribution in [-0.2, 0) is 10.8 Å². The summed E-state index contributed by atoms with van der Waals surface area (Å²) < 4.78 is 0. The van der Waals surface area contributed by atoms with E-state index in [-0.39, 0.29) is 5.41 Å². The van der Waals surface area contributed by atoms with E-state index in [9.17, 15) is 0 Å². The maximum absolute atomic E-state index is 2.53. The van der Waals surface area contributed by atoms with Crippen molar-refractivity contribution in [3.05, 3.63) is 258 Å². The van der Waals surface area contributed by atoms with E-state index in [1.54, 1.807) is 0 Å². The van der Waals surface area contributed by atoms with Crippen molar-refractivity contribution in [3.8, 4) is 44.5 Å². The highest BCUT2D eigenvalue weighted by Gasteiger charge is 2.48. The van der Waals surface area contributed by atoms with Gasteiger partial charge in [-0.3, -0.25) is 0 Å². The summed E-state index contributed by atoms with van der Waals surface area (Å²) in [5.74, 6) is 0. The van der Waals surface area contributed by atoms with Crippen molar-refractivity contribution in [1.29, 1.82) is 0 Å². The van der Waals surface area contributed by atoms with Crippen LogP contribution in [-0.4, -0.2) is 0 Å². The van der Waals surface area contributed by atoms with Crippen LogP contribution in [0.3, 0.4) is 0 Å². The molecular formula is C58H43N. The molecule has 1 nitrogen and oxygen atoms in total. The van der Waals surface area contributed by atoms with Gasteiger partial charge in [0.05, 0.1) is 16.8 Å². The lowest BCUT2D eigenvalue weighted by molar-refractivity contribution is 0.632. The van der Waals surface area contributed by atoms with Gasteiger partial charge in [-0.25, -0.2) is 0 Å². The van der Waals surface area contributed by atoms with Crippen molar-refractivity contribution < 1.29 is 0 Å². The Hall–Kier alpha value is -7.22. The highest BCUT2D eigenvalue weighted by Crippen LogP contribution is 2.60. The van der Waals surface area contributed by atoms with Crippen LogP contribution in [0.2, 0.25) is 0 Å². The van der Waals surface area contributed by atoms with Crippen LogP contribution in [0.5, 0.6) is 0 Å². The number of benzene rings is 9. The number of anilines is 3. The first-order valence-corrected chi connectivity index (χ1v) is 20.7. The monoisotopic (exact) mass is 753 g/mol. The van der Waals surface area contributed by atoms with E-state index in [1.165, 1.54) is 89.3 Å². The lowest BCUT2D eigenvalue weighted by Gasteiger charge is -2.43. The standard InChI is InChI=1S/C58H43N/c1-57(2)52-37-43(40-19-8-3-9-20-40)31-35-54(52)59(55-36-32-44(38-53(55)57)41-21-10-4-11-22-41)47-33-34-49-51(39-47)58(45-25-14-6-15-26-45,46-27-16-7-17-28-46)50-30-18-29-48(56(49)50)42-23-12-5-13-24-42/h3-39H,1-2H3. The van der Waals surface area contributed by atoms with Crippen LogP contribution in [0.4, 0.5) is 17.1 Å². The maximum atomic E-state index is 2.53. The number of hydrogen-bond donors (Lipinski definition) is 0. The summed E-state index contributed by atoms with van der Waals surface area (Å²) in [7, 11) is 0. The fourth-order valence-electron chi connectivity index (χ4n) is 10.2. The minimum absolute atomic E-state index is 0.272. The first-order chi connectivity index (χ1) is 29.0. The second-order valence-corrected chi connectivity index (χ2v) is 16.5. The Balaban J connectivity index is 1.20. The lowest BCUT2D eigenvalue weighted by Crippen LogP contribution is -2.31. The van der Waals surface area contributed by atoms with Gasteiger partial charge in [-0.05, 0) is 114 Å². The van der Waals surface area contributed by atoms with E-state index < -0.39 is 5.41 Å². The van der Waals surface area contributed by atoms with Crippen molar-refractivity contribution in [1.82, 2.24) is 0 Å². The van der Waals surface area contributed by atoms with Crippen molar-refractivity contribution >= 4 is 17.1 Å². The van der Waals surface area contributed by atoms with Crippen molar-refractivity contribution in [3.63, 3.8) is 0 Å². The van der Waals surface area contributed by atoms with E-state index in [4.69, 9.17) is 0 Å². The van der Waals surface area contributed by atoms with Gasteiger partial charge in [0.2, 0.25) is 0 Å². The molecule has 0 saturated heterocycles. The predicted octanol–water partition coefficient (Wildman–Crippen LogP) is 15.2. The molecule has 1 heterocycles. The highest BCUT2D eigenvalue weighted by atomic mass is 15.2. The molecule has 280 valence electrons. The quantitative estimate of drug-likeness (QED) is 0.163. The van der Waals surface area contributed by atoms with Crippen LogP contribution in [0.15, 0.2) is 224 Å². The van der Waals surface area contributed by atoms with Crippen molar-refractivity contribution in [2.75, 3.05) is 4.90 Å². The normalized spacial score (nSPS) is 14.2. The molecule has 2 aliphatic rings. The molecule has 0 N–H and O–H groups in total. The molecule has 0 spiro atoms. The minimum atomic E-state index is -0.553. The molecule has 0 radical (unpaired) electrons. The van der Waals surface area contributed by atoms with E-state index in [1.807, 2.05) is 0 Å². The molecule has 0 atom stereocenters. The second kappa shape index (κ2) is 13.7. The fourth-order valence-corrected chi connectivity index (χ4v) is 10.2. The van der Waals surface area contributed by atoms with Gasteiger partial charge < -0.3 is 4.90 Å². The third-order valence-electron chi connectivity index (χ3n) is 12.9. The number of nitrogens with zero attached hydrogens (tertiary/aromatic N) is 1. The van der Waals surface area contributed by atoms with Crippen LogP contribution in [0.1, 0.15) is 47.2 Å². The number of hydrogen-bond acceptors (Lipinski definition) is 1. The van der Waals surface area contributed by atoms with Gasteiger partial charge >= 0.3 is 0 Å². The van der Waals surface area contributed by atoms with Gasteiger partial charge in [0.15, 0.2) is 0 Å². The molecule has 11 rings (SSSR count). The van der Waals surface area contributed by atoms with E-state index in [0.29, 0.717) is 0 Å². The topological polar surface area (TPSA) is 3.24 Å². The van der Waals surface area contributed by atoms with Gasteiger partial charge in [-0.15, -0.1) is 0 Å². The Kier molecular flexibility index (Phi) is 8.13. The third kappa shape index (κ3) is 5.39. The molecule has 1 heteroatoms. The molecule has 59 heavy (non-hydrogen) atoms. The summed E-state index contributed by atoms with van der Waals surface area (Å²) in [5, 5.41) is 0. The first-order valence-electron chi connectivity index (χ1n) is 20.7. The Morgan fingerprint density at radius 3 is 1.31 bits per heavy atom. The maximum Gasteiger partial charge on any atom is 0.0714 e. The van der Waals surface area contributed by atoms with Crippen LogP contribution in [0.25, 0.3) is 44.5 Å². The molecule has 0 aromatic heterocycles. The molecule has 0 saturated carbocycles. The van der Waals surface area contributed by atoms with Gasteiger partial charge in [0.25, 0.3) is 0 Å². The summed E-state index contributed by atoms with van der Waals surface area (Å²) in [6.45, 7) is 4.79. The average molecular weight is 754 g/mol. The lowest BCUT2D eigenvalue weighted by atomic mass is 9.67. The Labute approximate surface area is 347 Å². The molecule has 0 amide bonds. The van der Waals surface area contributed by atoms with Crippen molar-refractivity contribution in [2.45, 2.75) is 24.7 Å². The summed E-state index contributed by atoms with van der Waals surface area (Å²) in [5.41, 5.74) is 20.4. The summed E-state index contributed by atoms with van der Waals surface area (Å²) in [6, 6.07) is 83.1. The smallest absolute Gasteiger partial charge is 0.0714 e. The van der Waals surface area contributed by atoms with E-state index in [0.717, 1.165) is 5.69 Å². The number of fused-ring (bicyclic) bond motifs is 5. The fraction of sp³-hybridized carbons (Fsp3) is 0.0690. The Morgan fingerprint density at radius 2 is 0.797 bits per heavy atom. The molecule has 1 aliphatic heterocycles. The van der Waals surface area contributed by atoms with E-state index >= 15 is 0 Å². The highest BCUT2D eigenvalue weighted by molar-refractivity contribution is 5.98. The van der Waals surface area contributed by atoms with Crippen LogP contribution >= 0.6 is 0 Å². The third-order valence-corrected chi connectivity index (χ3v) is 12.9. The van der Waals surface area contributed by atoms with Gasteiger partial charge in [0, 0.05) is 11.1 Å². The largest absolute Gasteiger partial charge is 0.310 e. The molecule has 1 aliphatic carbocycles. The summed E-state index contributed by atoms with van der Waals surface area (Å²) in [6.07, 6.45) is 0. The first kappa shape index (κ1) is 35.0. The van der Waals surface area contributed by atoms with Crippen LogP contribution in [0, 0.1) is 0 Å². The average Bonchev–Trinajstić information content (AvgIpc) is 3.61. The predicted molar refractivity (Wildman–Crippen MR) is 247 cm³/mol. The van der Waals surface area contributed by atoms with E-state index in [2.05, 4.69) is 243 Å².